The Morgan fingerprint density at radius 1 is 1.00 bits per heavy atom. The van der Waals surface area contributed by atoms with Crippen LogP contribution in [-0.2, 0) is 13.6 Å². The average Bonchev–Trinajstić information content (AvgIpc) is 2.94. The van der Waals surface area contributed by atoms with Gasteiger partial charge in [-0.25, -0.2) is 9.13 Å². The summed E-state index contributed by atoms with van der Waals surface area (Å²) in [5.74, 6) is 0. The SMILES string of the molecule is CCN1C=CN(C)C1.CC[n+]1ccn(C)c1.F[P-](F)(F)(F)(F)F. The summed E-state index contributed by atoms with van der Waals surface area (Å²) in [5.41, 5.74) is 0. The first-order valence-corrected chi connectivity index (χ1v) is 8.83. The topological polar surface area (TPSA) is 15.3 Å². The Kier molecular flexibility index (Phi) is 6.55. The van der Waals surface area contributed by atoms with Gasteiger partial charge in [0.2, 0.25) is 6.33 Å². The fraction of sp³-hybridized carbons (Fsp3) is 0.583. The summed E-state index contributed by atoms with van der Waals surface area (Å²) in [6, 6.07) is 0. The van der Waals surface area contributed by atoms with Crippen molar-refractivity contribution in [1.29, 1.82) is 0 Å². The van der Waals surface area contributed by atoms with Crippen LogP contribution in [0.3, 0.4) is 0 Å². The van der Waals surface area contributed by atoms with E-state index in [9.17, 15) is 25.2 Å². The Morgan fingerprint density at radius 2 is 1.52 bits per heavy atom. The van der Waals surface area contributed by atoms with E-state index in [1.165, 1.54) is 0 Å². The first kappa shape index (κ1) is 21.6. The number of hydrogen-bond acceptors (Lipinski definition) is 2. The Bertz CT molecular complexity index is 499. The van der Waals surface area contributed by atoms with Crippen molar-refractivity contribution in [3.63, 3.8) is 0 Å². The molecule has 0 fully saturated rings. The monoisotopic (exact) mass is 368 g/mol. The molecule has 138 valence electrons. The molecule has 0 saturated heterocycles. The van der Waals surface area contributed by atoms with Crippen LogP contribution in [0.15, 0.2) is 31.1 Å². The van der Waals surface area contributed by atoms with Gasteiger partial charge in [0, 0.05) is 26.0 Å². The van der Waals surface area contributed by atoms with E-state index >= 15 is 0 Å². The summed E-state index contributed by atoms with van der Waals surface area (Å²) >= 11 is 0. The third-order valence-electron chi connectivity index (χ3n) is 2.53. The summed E-state index contributed by atoms with van der Waals surface area (Å²) in [6.07, 6.45) is 10.3. The Labute approximate surface area is 131 Å². The summed E-state index contributed by atoms with van der Waals surface area (Å²) in [6.45, 7) is 7.50. The second-order valence-electron chi connectivity index (χ2n) is 4.97. The van der Waals surface area contributed by atoms with Gasteiger partial charge in [-0.1, -0.05) is 0 Å². The number of aromatic nitrogens is 2. The van der Waals surface area contributed by atoms with Crippen molar-refractivity contribution in [1.82, 2.24) is 14.4 Å². The van der Waals surface area contributed by atoms with Gasteiger partial charge in [0.15, 0.2) is 0 Å². The third-order valence-corrected chi connectivity index (χ3v) is 2.53. The number of imidazole rings is 1. The number of aryl methyl sites for hydroxylation is 2. The summed E-state index contributed by atoms with van der Waals surface area (Å²) in [7, 11) is -6.56. The van der Waals surface area contributed by atoms with Gasteiger partial charge in [-0.3, -0.25) is 0 Å². The van der Waals surface area contributed by atoms with Gasteiger partial charge in [-0.05, 0) is 13.8 Å². The van der Waals surface area contributed by atoms with Gasteiger partial charge < -0.3 is 9.80 Å². The van der Waals surface area contributed by atoms with Crippen LogP contribution in [0.25, 0.3) is 0 Å². The molecule has 0 atom stereocenters. The van der Waals surface area contributed by atoms with Gasteiger partial charge in [0.05, 0.1) is 20.3 Å². The predicted octanol–water partition coefficient (Wildman–Crippen LogP) is 4.40. The molecular weight excluding hydrogens is 345 g/mol. The molecule has 0 N–H and O–H groups in total. The van der Waals surface area contributed by atoms with Crippen molar-refractivity contribution < 1.29 is 29.7 Å². The molecule has 11 heteroatoms. The summed E-state index contributed by atoms with van der Waals surface area (Å²) in [5, 5.41) is 0. The molecule has 0 unspecified atom stereocenters. The van der Waals surface area contributed by atoms with Crippen LogP contribution >= 0.6 is 7.81 Å². The van der Waals surface area contributed by atoms with E-state index in [1.54, 1.807) is 0 Å². The van der Waals surface area contributed by atoms with Crippen molar-refractivity contribution in [2.24, 2.45) is 7.05 Å². The van der Waals surface area contributed by atoms with Crippen LogP contribution in [0.1, 0.15) is 13.8 Å². The van der Waals surface area contributed by atoms with Gasteiger partial charge in [0.25, 0.3) is 0 Å². The van der Waals surface area contributed by atoms with E-state index in [1.807, 2.05) is 17.8 Å². The number of hydrogen-bond donors (Lipinski definition) is 0. The van der Waals surface area contributed by atoms with Gasteiger partial charge >= 0.3 is 33.0 Å². The molecule has 0 radical (unpaired) electrons. The molecule has 4 nitrogen and oxygen atoms in total. The second kappa shape index (κ2) is 6.98. The predicted molar refractivity (Wildman–Crippen MR) is 79.0 cm³/mol. The Balaban J connectivity index is 0.000000317. The minimum absolute atomic E-state index is 1.05. The first-order valence-electron chi connectivity index (χ1n) is 6.80. The molecule has 0 amide bonds. The molecule has 0 bridgehead atoms. The van der Waals surface area contributed by atoms with Gasteiger partial charge in [-0.15, -0.1) is 0 Å². The average molecular weight is 368 g/mol. The summed E-state index contributed by atoms with van der Waals surface area (Å²) < 4.78 is 63.4. The molecule has 1 aromatic heterocycles. The molecule has 0 spiro atoms. The normalized spacial score (nSPS) is 16.8. The molecule has 1 aliphatic heterocycles. The zero-order valence-corrected chi connectivity index (χ0v) is 14.4. The van der Waals surface area contributed by atoms with Crippen LogP contribution in [0.4, 0.5) is 25.2 Å². The molecule has 0 aliphatic carbocycles. The Hall–Kier alpha value is -1.44. The first-order chi connectivity index (χ1) is 10.1. The van der Waals surface area contributed by atoms with E-state index in [4.69, 9.17) is 0 Å². The standard InChI is InChI=1S/C6H12N2.C6H11N2.F6P/c2*1-3-8-5-4-7(2)6-8;1-7(2,3,4,5)6/h4-5H,3,6H2,1-2H3;4-6H,3H2,1-2H3;/q;+1;-1. The van der Waals surface area contributed by atoms with Crippen LogP contribution < -0.4 is 4.57 Å². The molecule has 2 heterocycles. The van der Waals surface area contributed by atoms with E-state index in [2.05, 4.69) is 60.2 Å². The minimum atomic E-state index is -10.7. The maximum atomic E-state index is 9.87. The third kappa shape index (κ3) is 16.8. The van der Waals surface area contributed by atoms with Crippen molar-refractivity contribution in [3.8, 4) is 0 Å². The van der Waals surface area contributed by atoms with Crippen LogP contribution in [0, 0.1) is 0 Å². The molecule has 23 heavy (non-hydrogen) atoms. The fourth-order valence-electron chi connectivity index (χ4n) is 1.48. The zero-order valence-electron chi connectivity index (χ0n) is 13.5. The van der Waals surface area contributed by atoms with Crippen LogP contribution in [-0.4, -0.2) is 34.6 Å². The maximum absolute atomic E-state index is 10.7. The molecule has 1 aromatic rings. The van der Waals surface area contributed by atoms with Crippen molar-refractivity contribution in [2.75, 3.05) is 20.3 Å². The van der Waals surface area contributed by atoms with Crippen molar-refractivity contribution >= 4 is 7.81 Å². The number of rotatable bonds is 2. The van der Waals surface area contributed by atoms with Crippen molar-refractivity contribution in [2.45, 2.75) is 20.4 Å². The van der Waals surface area contributed by atoms with E-state index in [0.29, 0.717) is 0 Å². The second-order valence-corrected chi connectivity index (χ2v) is 6.89. The quantitative estimate of drug-likeness (QED) is 0.437. The number of halogens is 6. The summed E-state index contributed by atoms with van der Waals surface area (Å²) in [4.78, 5) is 4.41. The Morgan fingerprint density at radius 3 is 1.70 bits per heavy atom. The van der Waals surface area contributed by atoms with Gasteiger partial charge in [-0.2, -0.15) is 0 Å². The van der Waals surface area contributed by atoms with Crippen molar-refractivity contribution in [3.05, 3.63) is 31.1 Å². The van der Waals surface area contributed by atoms with Crippen LogP contribution in [0.2, 0.25) is 0 Å². The van der Waals surface area contributed by atoms with E-state index in [0.717, 1.165) is 19.8 Å². The molecule has 2 rings (SSSR count). The zero-order chi connectivity index (χ0) is 18.4. The molecule has 1 aliphatic rings. The van der Waals surface area contributed by atoms with Gasteiger partial charge in [0.1, 0.15) is 12.4 Å². The van der Waals surface area contributed by atoms with E-state index < -0.39 is 7.81 Å². The fourth-order valence-corrected chi connectivity index (χ4v) is 1.48. The molecule has 0 aromatic carbocycles. The van der Waals surface area contributed by atoms with E-state index in [-0.39, 0.29) is 0 Å². The number of nitrogens with zero attached hydrogens (tertiary/aromatic N) is 4. The van der Waals surface area contributed by atoms with Crippen LogP contribution in [0.5, 0.6) is 0 Å². The molecule has 0 saturated carbocycles. The molecular formula is C12H23F6N4P.